The molecule has 0 heterocycles. The number of hydrogen-bond donors (Lipinski definition) is 0. The number of nitrogens with zero attached hydrogens (tertiary/aromatic N) is 1. The minimum Gasteiger partial charge on any atom is -0.258 e. The van der Waals surface area contributed by atoms with Crippen LogP contribution in [0, 0.1) is 11.7 Å². The molecule has 1 atom stereocenters. The second kappa shape index (κ2) is 4.56. The number of hydrogen-bond acceptors (Lipinski definition) is 1. The molecule has 1 nitrogen and oxygen atoms in total. The average molecular weight is 205 g/mol. The fourth-order valence-corrected chi connectivity index (χ4v) is 2.02. The second-order valence-electron chi connectivity index (χ2n) is 4.23. The van der Waals surface area contributed by atoms with Gasteiger partial charge in [-0.15, -0.1) is 0 Å². The van der Waals surface area contributed by atoms with Gasteiger partial charge in [0.25, 0.3) is 0 Å². The predicted octanol–water partition coefficient (Wildman–Crippen LogP) is 4.11. The largest absolute Gasteiger partial charge is 0.258 e. The Kier molecular flexibility index (Phi) is 3.14. The molecule has 0 spiro atoms. The zero-order chi connectivity index (χ0) is 10.7. The molecule has 1 saturated carbocycles. The Morgan fingerprint density at radius 3 is 2.60 bits per heavy atom. The molecule has 2 heteroatoms. The van der Waals surface area contributed by atoms with Crippen LogP contribution in [0.2, 0.25) is 0 Å². The molecule has 1 aliphatic rings. The van der Waals surface area contributed by atoms with Gasteiger partial charge in [0.15, 0.2) is 0 Å². The van der Waals surface area contributed by atoms with Gasteiger partial charge in [0, 0.05) is 5.71 Å². The SMILES string of the molecule is CC1CCCCC1=Nc1ccc(F)cc1. The molecule has 0 aromatic heterocycles. The highest BCUT2D eigenvalue weighted by Crippen LogP contribution is 2.24. The van der Waals surface area contributed by atoms with Crippen molar-refractivity contribution in [3.05, 3.63) is 30.1 Å². The number of aliphatic imine (C=N–C) groups is 1. The number of benzene rings is 1. The summed E-state index contributed by atoms with van der Waals surface area (Å²) in [6, 6.07) is 6.41. The van der Waals surface area contributed by atoms with Gasteiger partial charge in [-0.05, 0) is 49.4 Å². The molecule has 80 valence electrons. The lowest BCUT2D eigenvalue weighted by atomic mass is 9.89. The van der Waals surface area contributed by atoms with E-state index in [-0.39, 0.29) is 5.82 Å². The van der Waals surface area contributed by atoms with Gasteiger partial charge in [-0.25, -0.2) is 4.39 Å². The summed E-state index contributed by atoms with van der Waals surface area (Å²) in [7, 11) is 0. The lowest BCUT2D eigenvalue weighted by Crippen LogP contribution is -2.15. The van der Waals surface area contributed by atoms with Crippen molar-refractivity contribution in [1.29, 1.82) is 0 Å². The van der Waals surface area contributed by atoms with E-state index in [9.17, 15) is 4.39 Å². The van der Waals surface area contributed by atoms with E-state index in [1.165, 1.54) is 37.1 Å². The first kappa shape index (κ1) is 10.3. The van der Waals surface area contributed by atoms with Crippen LogP contribution in [0.3, 0.4) is 0 Å². The zero-order valence-corrected chi connectivity index (χ0v) is 9.04. The van der Waals surface area contributed by atoms with Crippen molar-refractivity contribution in [3.8, 4) is 0 Å². The van der Waals surface area contributed by atoms with E-state index >= 15 is 0 Å². The Bertz CT molecular complexity index is 353. The third-order valence-corrected chi connectivity index (χ3v) is 2.99. The van der Waals surface area contributed by atoms with Crippen LogP contribution in [-0.2, 0) is 0 Å². The van der Waals surface area contributed by atoms with E-state index in [1.807, 2.05) is 0 Å². The summed E-state index contributed by atoms with van der Waals surface area (Å²) in [5, 5.41) is 0. The summed E-state index contributed by atoms with van der Waals surface area (Å²) in [5.41, 5.74) is 2.15. The van der Waals surface area contributed by atoms with Gasteiger partial charge in [0.1, 0.15) is 5.82 Å². The van der Waals surface area contributed by atoms with Crippen molar-refractivity contribution in [2.24, 2.45) is 10.9 Å². The van der Waals surface area contributed by atoms with Crippen LogP contribution < -0.4 is 0 Å². The lowest BCUT2D eigenvalue weighted by molar-refractivity contribution is 0.560. The van der Waals surface area contributed by atoms with Crippen LogP contribution >= 0.6 is 0 Å². The van der Waals surface area contributed by atoms with Gasteiger partial charge in [-0.2, -0.15) is 0 Å². The van der Waals surface area contributed by atoms with Crippen molar-refractivity contribution in [2.75, 3.05) is 0 Å². The molecule has 1 unspecified atom stereocenters. The maximum Gasteiger partial charge on any atom is 0.123 e. The molecule has 1 fully saturated rings. The van der Waals surface area contributed by atoms with Crippen LogP contribution in [0.15, 0.2) is 29.3 Å². The summed E-state index contributed by atoms with van der Waals surface area (Å²) in [5.74, 6) is 0.388. The van der Waals surface area contributed by atoms with Crippen LogP contribution in [0.4, 0.5) is 10.1 Å². The molecule has 0 amide bonds. The van der Waals surface area contributed by atoms with Crippen molar-refractivity contribution >= 4 is 11.4 Å². The quantitative estimate of drug-likeness (QED) is 0.654. The highest BCUT2D eigenvalue weighted by atomic mass is 19.1. The highest BCUT2D eigenvalue weighted by molar-refractivity contribution is 5.89. The van der Waals surface area contributed by atoms with Crippen LogP contribution in [0.25, 0.3) is 0 Å². The molecule has 0 N–H and O–H groups in total. The minimum absolute atomic E-state index is 0.198. The normalized spacial score (nSPS) is 24.4. The van der Waals surface area contributed by atoms with Gasteiger partial charge in [-0.3, -0.25) is 4.99 Å². The molecule has 1 aromatic rings. The first-order valence-corrected chi connectivity index (χ1v) is 5.59. The monoisotopic (exact) mass is 205 g/mol. The van der Waals surface area contributed by atoms with Crippen LogP contribution in [-0.4, -0.2) is 5.71 Å². The third-order valence-electron chi connectivity index (χ3n) is 2.99. The Hall–Kier alpha value is -1.18. The molecule has 1 aliphatic carbocycles. The van der Waals surface area contributed by atoms with Crippen molar-refractivity contribution in [1.82, 2.24) is 0 Å². The third kappa shape index (κ3) is 2.65. The van der Waals surface area contributed by atoms with E-state index in [4.69, 9.17) is 0 Å². The van der Waals surface area contributed by atoms with E-state index in [1.54, 1.807) is 12.1 Å². The summed E-state index contributed by atoms with van der Waals surface area (Å²) >= 11 is 0. The summed E-state index contributed by atoms with van der Waals surface area (Å²) in [6.07, 6.45) is 4.88. The lowest BCUT2D eigenvalue weighted by Gasteiger charge is -2.20. The predicted molar refractivity (Wildman–Crippen MR) is 61.1 cm³/mol. The van der Waals surface area contributed by atoms with Crippen LogP contribution in [0.5, 0.6) is 0 Å². The van der Waals surface area contributed by atoms with E-state index in [0.717, 1.165) is 12.1 Å². The highest BCUT2D eigenvalue weighted by Gasteiger charge is 2.15. The molecule has 15 heavy (non-hydrogen) atoms. The maximum atomic E-state index is 12.7. The molecule has 0 aliphatic heterocycles. The molecular weight excluding hydrogens is 189 g/mol. The standard InChI is InChI=1S/C13H16FN/c1-10-4-2-3-5-13(10)15-12-8-6-11(14)7-9-12/h6-10H,2-5H2,1H3. The Labute approximate surface area is 90.0 Å². The topological polar surface area (TPSA) is 12.4 Å². The van der Waals surface area contributed by atoms with Crippen LogP contribution in [0.1, 0.15) is 32.6 Å². The average Bonchev–Trinajstić information content (AvgIpc) is 2.25. The van der Waals surface area contributed by atoms with Crippen molar-refractivity contribution in [2.45, 2.75) is 32.6 Å². The smallest absolute Gasteiger partial charge is 0.123 e. The Morgan fingerprint density at radius 2 is 1.93 bits per heavy atom. The fraction of sp³-hybridized carbons (Fsp3) is 0.462. The van der Waals surface area contributed by atoms with E-state index < -0.39 is 0 Å². The van der Waals surface area contributed by atoms with E-state index in [0.29, 0.717) is 5.92 Å². The fourth-order valence-electron chi connectivity index (χ4n) is 2.02. The minimum atomic E-state index is -0.198. The molecule has 0 saturated heterocycles. The molecule has 0 bridgehead atoms. The van der Waals surface area contributed by atoms with Gasteiger partial charge in [0.2, 0.25) is 0 Å². The van der Waals surface area contributed by atoms with Gasteiger partial charge < -0.3 is 0 Å². The molecule has 2 rings (SSSR count). The van der Waals surface area contributed by atoms with E-state index in [2.05, 4.69) is 11.9 Å². The second-order valence-corrected chi connectivity index (χ2v) is 4.23. The molecular formula is C13H16FN. The molecule has 1 aromatic carbocycles. The number of rotatable bonds is 1. The number of halogens is 1. The zero-order valence-electron chi connectivity index (χ0n) is 9.04. The molecule has 0 radical (unpaired) electrons. The van der Waals surface area contributed by atoms with Gasteiger partial charge in [-0.1, -0.05) is 13.3 Å². The van der Waals surface area contributed by atoms with Gasteiger partial charge >= 0.3 is 0 Å². The van der Waals surface area contributed by atoms with Gasteiger partial charge in [0.05, 0.1) is 5.69 Å². The summed E-state index contributed by atoms with van der Waals surface area (Å²) in [4.78, 5) is 4.59. The Balaban J connectivity index is 2.17. The Morgan fingerprint density at radius 1 is 1.20 bits per heavy atom. The first-order valence-electron chi connectivity index (χ1n) is 5.59. The summed E-state index contributed by atoms with van der Waals surface area (Å²) in [6.45, 7) is 2.22. The first-order chi connectivity index (χ1) is 7.25. The van der Waals surface area contributed by atoms with Crippen molar-refractivity contribution < 1.29 is 4.39 Å². The summed E-state index contributed by atoms with van der Waals surface area (Å²) < 4.78 is 12.7. The van der Waals surface area contributed by atoms with Crippen molar-refractivity contribution in [3.63, 3.8) is 0 Å². The maximum absolute atomic E-state index is 12.7.